The van der Waals surface area contributed by atoms with E-state index in [1.807, 2.05) is 0 Å². The van der Waals surface area contributed by atoms with Gasteiger partial charge < -0.3 is 4.79 Å². The fraction of sp³-hybridized carbons (Fsp3) is 0.800. The second kappa shape index (κ2) is 4.92. The van der Waals surface area contributed by atoms with Crippen LogP contribution in [0.15, 0.2) is 0 Å². The maximum Gasteiger partial charge on any atom is 0.124 e. The van der Waals surface area contributed by atoms with Crippen molar-refractivity contribution in [1.82, 2.24) is 0 Å². The molecule has 0 bridgehead atoms. The Morgan fingerprint density at radius 1 is 1.42 bits per heavy atom. The van der Waals surface area contributed by atoms with Gasteiger partial charge in [-0.25, -0.2) is 0 Å². The summed E-state index contributed by atoms with van der Waals surface area (Å²) in [5, 5.41) is 8.49. The monoisotopic (exact) mass is 165 g/mol. The standard InChI is InChI=1S/C10H15NO/c11-7-6-10(8-12)9-4-2-1-3-5-9/h8-10H,1-6H2. The van der Waals surface area contributed by atoms with E-state index in [2.05, 4.69) is 6.07 Å². The Balaban J connectivity index is 2.41. The lowest BCUT2D eigenvalue weighted by Crippen LogP contribution is -2.18. The van der Waals surface area contributed by atoms with Gasteiger partial charge in [0.1, 0.15) is 6.29 Å². The molecule has 0 amide bonds. The highest BCUT2D eigenvalue weighted by atomic mass is 16.1. The number of nitrogens with zero attached hydrogens (tertiary/aromatic N) is 1. The third kappa shape index (κ3) is 2.34. The van der Waals surface area contributed by atoms with Crippen LogP contribution in [-0.4, -0.2) is 6.29 Å². The largest absolute Gasteiger partial charge is 0.303 e. The summed E-state index contributed by atoms with van der Waals surface area (Å²) >= 11 is 0. The number of carbonyl (C=O) groups is 1. The molecule has 12 heavy (non-hydrogen) atoms. The molecular weight excluding hydrogens is 150 g/mol. The molecule has 0 radical (unpaired) electrons. The van der Waals surface area contributed by atoms with Gasteiger partial charge in [-0.05, 0) is 18.8 Å². The lowest BCUT2D eigenvalue weighted by Gasteiger charge is -2.24. The Labute approximate surface area is 73.6 Å². The zero-order valence-electron chi connectivity index (χ0n) is 7.33. The lowest BCUT2D eigenvalue weighted by atomic mass is 9.79. The number of hydrogen-bond acceptors (Lipinski definition) is 2. The van der Waals surface area contributed by atoms with E-state index < -0.39 is 0 Å². The van der Waals surface area contributed by atoms with Crippen LogP contribution >= 0.6 is 0 Å². The SMILES string of the molecule is N#CCC(C=O)C1CCCCC1. The van der Waals surface area contributed by atoms with Crippen LogP contribution in [0.4, 0.5) is 0 Å². The summed E-state index contributed by atoms with van der Waals surface area (Å²) in [6.07, 6.45) is 7.44. The summed E-state index contributed by atoms with van der Waals surface area (Å²) in [6.45, 7) is 0. The van der Waals surface area contributed by atoms with Gasteiger partial charge in [0.25, 0.3) is 0 Å². The zero-order chi connectivity index (χ0) is 8.81. The number of aldehydes is 1. The van der Waals surface area contributed by atoms with E-state index in [-0.39, 0.29) is 5.92 Å². The zero-order valence-corrected chi connectivity index (χ0v) is 7.33. The molecule has 1 aliphatic rings. The smallest absolute Gasteiger partial charge is 0.124 e. The van der Waals surface area contributed by atoms with Crippen molar-refractivity contribution < 1.29 is 4.79 Å². The van der Waals surface area contributed by atoms with Crippen molar-refractivity contribution in [3.8, 4) is 6.07 Å². The normalized spacial score (nSPS) is 21.2. The molecule has 0 heterocycles. The van der Waals surface area contributed by atoms with Crippen LogP contribution in [0.2, 0.25) is 0 Å². The predicted molar refractivity (Wildman–Crippen MR) is 46.4 cm³/mol. The number of rotatable bonds is 3. The van der Waals surface area contributed by atoms with Crippen LogP contribution in [0.1, 0.15) is 38.5 Å². The number of hydrogen-bond donors (Lipinski definition) is 0. The highest BCUT2D eigenvalue weighted by Crippen LogP contribution is 2.30. The molecule has 1 aliphatic carbocycles. The molecule has 0 aromatic rings. The van der Waals surface area contributed by atoms with Crippen molar-refractivity contribution in [3.63, 3.8) is 0 Å². The average Bonchev–Trinajstić information content (AvgIpc) is 2.15. The van der Waals surface area contributed by atoms with E-state index in [9.17, 15) is 4.79 Å². The molecule has 0 aliphatic heterocycles. The molecule has 0 saturated heterocycles. The summed E-state index contributed by atoms with van der Waals surface area (Å²) in [5.41, 5.74) is 0. The maximum absolute atomic E-state index is 10.6. The van der Waals surface area contributed by atoms with Gasteiger partial charge in [-0.15, -0.1) is 0 Å². The van der Waals surface area contributed by atoms with Gasteiger partial charge in [0.05, 0.1) is 6.07 Å². The number of nitriles is 1. The van der Waals surface area contributed by atoms with Crippen molar-refractivity contribution in [2.45, 2.75) is 38.5 Å². The van der Waals surface area contributed by atoms with E-state index in [1.54, 1.807) is 0 Å². The summed E-state index contributed by atoms with van der Waals surface area (Å²) < 4.78 is 0. The summed E-state index contributed by atoms with van der Waals surface area (Å²) in [6, 6.07) is 2.08. The lowest BCUT2D eigenvalue weighted by molar-refractivity contribution is -0.112. The van der Waals surface area contributed by atoms with Crippen molar-refractivity contribution in [1.29, 1.82) is 5.26 Å². The van der Waals surface area contributed by atoms with Crippen molar-refractivity contribution in [2.75, 3.05) is 0 Å². The summed E-state index contributed by atoms with van der Waals surface area (Å²) in [5.74, 6) is 0.506. The highest BCUT2D eigenvalue weighted by Gasteiger charge is 2.22. The average molecular weight is 165 g/mol. The topological polar surface area (TPSA) is 40.9 Å². The first-order chi connectivity index (χ1) is 5.88. The summed E-state index contributed by atoms with van der Waals surface area (Å²) in [4.78, 5) is 10.6. The Bertz CT molecular complexity index is 177. The van der Waals surface area contributed by atoms with Crippen molar-refractivity contribution in [3.05, 3.63) is 0 Å². The first-order valence-corrected chi connectivity index (χ1v) is 4.70. The minimum atomic E-state index is 0.00954. The van der Waals surface area contributed by atoms with E-state index >= 15 is 0 Å². The van der Waals surface area contributed by atoms with E-state index in [0.717, 1.165) is 19.1 Å². The molecule has 1 unspecified atom stereocenters. The molecule has 2 heteroatoms. The van der Waals surface area contributed by atoms with Crippen molar-refractivity contribution >= 4 is 6.29 Å². The second-order valence-corrected chi connectivity index (χ2v) is 3.56. The molecule has 1 fully saturated rings. The van der Waals surface area contributed by atoms with Crippen LogP contribution in [0.5, 0.6) is 0 Å². The van der Waals surface area contributed by atoms with Crippen LogP contribution in [0.3, 0.4) is 0 Å². The molecular formula is C10H15NO. The first-order valence-electron chi connectivity index (χ1n) is 4.70. The minimum absolute atomic E-state index is 0.00954. The molecule has 1 saturated carbocycles. The van der Waals surface area contributed by atoms with Gasteiger partial charge in [-0.1, -0.05) is 19.3 Å². The third-order valence-electron chi connectivity index (χ3n) is 2.76. The highest BCUT2D eigenvalue weighted by molar-refractivity contribution is 5.54. The fourth-order valence-corrected chi connectivity index (χ4v) is 1.99. The molecule has 1 atom stereocenters. The molecule has 2 nitrogen and oxygen atoms in total. The van der Waals surface area contributed by atoms with Crippen LogP contribution in [-0.2, 0) is 4.79 Å². The Morgan fingerprint density at radius 3 is 2.58 bits per heavy atom. The predicted octanol–water partition coefficient (Wildman–Crippen LogP) is 2.30. The molecule has 0 aromatic heterocycles. The first kappa shape index (κ1) is 9.25. The minimum Gasteiger partial charge on any atom is -0.303 e. The fourth-order valence-electron chi connectivity index (χ4n) is 1.99. The Hall–Kier alpha value is -0.840. The third-order valence-corrected chi connectivity index (χ3v) is 2.76. The quantitative estimate of drug-likeness (QED) is 0.602. The van der Waals surface area contributed by atoms with Crippen LogP contribution in [0.25, 0.3) is 0 Å². The molecule has 66 valence electrons. The van der Waals surface area contributed by atoms with Gasteiger partial charge in [-0.2, -0.15) is 5.26 Å². The van der Waals surface area contributed by atoms with Gasteiger partial charge >= 0.3 is 0 Å². The van der Waals surface area contributed by atoms with Gasteiger partial charge in [-0.3, -0.25) is 0 Å². The van der Waals surface area contributed by atoms with Gasteiger partial charge in [0.15, 0.2) is 0 Å². The van der Waals surface area contributed by atoms with E-state index in [0.29, 0.717) is 12.3 Å². The molecule has 0 spiro atoms. The van der Waals surface area contributed by atoms with E-state index in [4.69, 9.17) is 5.26 Å². The molecule has 1 rings (SSSR count). The van der Waals surface area contributed by atoms with Gasteiger partial charge in [0, 0.05) is 12.3 Å². The number of carbonyl (C=O) groups excluding carboxylic acids is 1. The molecule has 0 aromatic carbocycles. The van der Waals surface area contributed by atoms with Crippen molar-refractivity contribution in [2.24, 2.45) is 11.8 Å². The van der Waals surface area contributed by atoms with E-state index in [1.165, 1.54) is 19.3 Å². The Morgan fingerprint density at radius 2 is 2.08 bits per heavy atom. The second-order valence-electron chi connectivity index (χ2n) is 3.56. The summed E-state index contributed by atoms with van der Waals surface area (Å²) in [7, 11) is 0. The van der Waals surface area contributed by atoms with Gasteiger partial charge in [0.2, 0.25) is 0 Å². The van der Waals surface area contributed by atoms with Crippen LogP contribution < -0.4 is 0 Å². The Kier molecular flexibility index (Phi) is 3.79. The molecule has 0 N–H and O–H groups in total. The van der Waals surface area contributed by atoms with Crippen LogP contribution in [0, 0.1) is 23.2 Å². The maximum atomic E-state index is 10.6.